The monoisotopic (exact) mass is 368 g/mol. The van der Waals surface area contributed by atoms with Crippen molar-refractivity contribution in [2.75, 3.05) is 19.7 Å². The standard InChI is InChI=1S/C22H32N4O/c1-2-26-17-19(15-23-26)22-21(9-6-14-27-22)24-20-10-12-25(13-11-20)16-18-7-4-3-5-8-18/h3-5,7-8,15,17,20-22,24H,2,6,9-14,16H2,1H3/t21-,22+/m0/s1. The van der Waals surface area contributed by atoms with Crippen molar-refractivity contribution in [3.8, 4) is 0 Å². The fourth-order valence-electron chi connectivity index (χ4n) is 4.38. The molecule has 0 radical (unpaired) electrons. The zero-order valence-corrected chi connectivity index (χ0v) is 16.4. The van der Waals surface area contributed by atoms with Crippen LogP contribution in [-0.2, 0) is 17.8 Å². The molecule has 2 aliphatic rings. The third kappa shape index (κ3) is 4.78. The SMILES string of the molecule is CCn1cc([C@H]2OCCC[C@@H]2NC2CCN(Cc3ccccc3)CC2)cn1. The Morgan fingerprint density at radius 3 is 2.70 bits per heavy atom. The maximum Gasteiger partial charge on any atom is 0.101 e. The maximum atomic E-state index is 6.15. The van der Waals surface area contributed by atoms with Crippen molar-refractivity contribution in [3.05, 3.63) is 53.9 Å². The van der Waals surface area contributed by atoms with E-state index in [-0.39, 0.29) is 6.10 Å². The molecule has 2 saturated heterocycles. The minimum absolute atomic E-state index is 0.140. The van der Waals surface area contributed by atoms with Crippen molar-refractivity contribution in [2.45, 2.75) is 63.9 Å². The van der Waals surface area contributed by atoms with Gasteiger partial charge in [-0.05, 0) is 51.3 Å². The molecule has 5 nitrogen and oxygen atoms in total. The number of rotatable bonds is 6. The predicted octanol–water partition coefficient (Wildman–Crippen LogP) is 3.38. The first-order chi connectivity index (χ1) is 13.3. The number of aryl methyl sites for hydroxylation is 1. The van der Waals surface area contributed by atoms with Gasteiger partial charge in [0.05, 0.1) is 6.20 Å². The Labute approximate surface area is 162 Å². The van der Waals surface area contributed by atoms with Crippen LogP contribution < -0.4 is 5.32 Å². The molecule has 2 aromatic rings. The van der Waals surface area contributed by atoms with E-state index >= 15 is 0 Å². The molecule has 0 bridgehead atoms. The molecule has 2 aliphatic heterocycles. The molecule has 1 aromatic carbocycles. The predicted molar refractivity (Wildman–Crippen MR) is 107 cm³/mol. The lowest BCUT2D eigenvalue weighted by atomic mass is 9.95. The number of nitrogens with one attached hydrogen (secondary N) is 1. The van der Waals surface area contributed by atoms with E-state index in [1.165, 1.54) is 43.5 Å². The molecule has 5 heteroatoms. The van der Waals surface area contributed by atoms with Gasteiger partial charge in [0.1, 0.15) is 6.10 Å². The summed E-state index contributed by atoms with van der Waals surface area (Å²) in [6.07, 6.45) is 9.02. The van der Waals surface area contributed by atoms with Crippen LogP contribution in [0.3, 0.4) is 0 Å². The first-order valence-electron chi connectivity index (χ1n) is 10.5. The van der Waals surface area contributed by atoms with Crippen LogP contribution >= 0.6 is 0 Å². The number of piperidine rings is 1. The van der Waals surface area contributed by atoms with Crippen molar-refractivity contribution in [2.24, 2.45) is 0 Å². The van der Waals surface area contributed by atoms with Crippen LogP contribution in [0.15, 0.2) is 42.7 Å². The number of benzene rings is 1. The maximum absolute atomic E-state index is 6.15. The molecule has 0 spiro atoms. The van der Waals surface area contributed by atoms with Gasteiger partial charge in [0.15, 0.2) is 0 Å². The fourth-order valence-corrected chi connectivity index (χ4v) is 4.38. The van der Waals surface area contributed by atoms with Crippen LogP contribution in [0.5, 0.6) is 0 Å². The Morgan fingerprint density at radius 2 is 1.96 bits per heavy atom. The van der Waals surface area contributed by atoms with Crippen LogP contribution in [0, 0.1) is 0 Å². The average molecular weight is 369 g/mol. The fraction of sp³-hybridized carbons (Fsp3) is 0.591. The second-order valence-electron chi connectivity index (χ2n) is 7.87. The van der Waals surface area contributed by atoms with E-state index in [4.69, 9.17) is 4.74 Å². The molecular formula is C22H32N4O. The summed E-state index contributed by atoms with van der Waals surface area (Å²) < 4.78 is 8.14. The van der Waals surface area contributed by atoms with E-state index in [1.807, 2.05) is 10.9 Å². The lowest BCUT2D eigenvalue weighted by Gasteiger charge is -2.38. The number of aromatic nitrogens is 2. The van der Waals surface area contributed by atoms with Crippen molar-refractivity contribution in [3.63, 3.8) is 0 Å². The van der Waals surface area contributed by atoms with E-state index in [0.717, 1.165) is 26.1 Å². The van der Waals surface area contributed by atoms with E-state index in [9.17, 15) is 0 Å². The normalized spacial score (nSPS) is 24.9. The van der Waals surface area contributed by atoms with Crippen LogP contribution in [0.2, 0.25) is 0 Å². The van der Waals surface area contributed by atoms with Gasteiger partial charge in [-0.15, -0.1) is 0 Å². The second-order valence-corrected chi connectivity index (χ2v) is 7.87. The summed E-state index contributed by atoms with van der Waals surface area (Å²) in [5.74, 6) is 0. The second kappa shape index (κ2) is 9.00. The molecule has 0 amide bonds. The van der Waals surface area contributed by atoms with Crippen molar-refractivity contribution < 1.29 is 4.74 Å². The first kappa shape index (κ1) is 18.7. The van der Waals surface area contributed by atoms with Crippen LogP contribution in [0.1, 0.15) is 49.8 Å². The quantitative estimate of drug-likeness (QED) is 0.849. The zero-order chi connectivity index (χ0) is 18.5. The Kier molecular flexibility index (Phi) is 6.22. The Hall–Kier alpha value is -1.69. The summed E-state index contributed by atoms with van der Waals surface area (Å²) in [4.78, 5) is 2.58. The molecule has 2 atom stereocenters. The third-order valence-electron chi connectivity index (χ3n) is 5.91. The highest BCUT2D eigenvalue weighted by molar-refractivity contribution is 5.15. The summed E-state index contributed by atoms with van der Waals surface area (Å²) in [7, 11) is 0. The zero-order valence-electron chi connectivity index (χ0n) is 16.4. The van der Waals surface area contributed by atoms with Crippen molar-refractivity contribution in [1.29, 1.82) is 0 Å². The highest BCUT2D eigenvalue weighted by Crippen LogP contribution is 2.29. The summed E-state index contributed by atoms with van der Waals surface area (Å²) in [5, 5.41) is 8.37. The molecule has 0 aliphatic carbocycles. The Morgan fingerprint density at radius 1 is 1.15 bits per heavy atom. The van der Waals surface area contributed by atoms with E-state index in [2.05, 4.69) is 58.8 Å². The van der Waals surface area contributed by atoms with Crippen LogP contribution in [0.4, 0.5) is 0 Å². The Bertz CT molecular complexity index is 693. The molecular weight excluding hydrogens is 336 g/mol. The number of likely N-dealkylation sites (tertiary alicyclic amines) is 1. The molecule has 0 saturated carbocycles. The van der Waals surface area contributed by atoms with Gasteiger partial charge in [0, 0.05) is 43.5 Å². The average Bonchev–Trinajstić information content (AvgIpc) is 3.20. The minimum Gasteiger partial charge on any atom is -0.372 e. The lowest BCUT2D eigenvalue weighted by Crippen LogP contribution is -2.49. The van der Waals surface area contributed by atoms with Gasteiger partial charge in [-0.25, -0.2) is 0 Å². The van der Waals surface area contributed by atoms with Gasteiger partial charge in [-0.2, -0.15) is 5.10 Å². The molecule has 3 heterocycles. The van der Waals surface area contributed by atoms with Gasteiger partial charge >= 0.3 is 0 Å². The molecule has 1 aromatic heterocycles. The molecule has 27 heavy (non-hydrogen) atoms. The summed E-state index contributed by atoms with van der Waals surface area (Å²) in [6.45, 7) is 7.29. The van der Waals surface area contributed by atoms with Gasteiger partial charge in [0.2, 0.25) is 0 Å². The van der Waals surface area contributed by atoms with Gasteiger partial charge in [-0.1, -0.05) is 30.3 Å². The topological polar surface area (TPSA) is 42.3 Å². The number of nitrogens with zero attached hydrogens (tertiary/aromatic N) is 3. The third-order valence-corrected chi connectivity index (χ3v) is 5.91. The first-order valence-corrected chi connectivity index (χ1v) is 10.5. The van der Waals surface area contributed by atoms with E-state index in [1.54, 1.807) is 0 Å². The van der Waals surface area contributed by atoms with Crippen LogP contribution in [0.25, 0.3) is 0 Å². The van der Waals surface area contributed by atoms with E-state index < -0.39 is 0 Å². The highest BCUT2D eigenvalue weighted by atomic mass is 16.5. The number of hydrogen-bond acceptors (Lipinski definition) is 4. The molecule has 2 fully saturated rings. The van der Waals surface area contributed by atoms with Crippen LogP contribution in [-0.4, -0.2) is 46.5 Å². The molecule has 1 N–H and O–H groups in total. The summed E-state index contributed by atoms with van der Waals surface area (Å²) >= 11 is 0. The largest absolute Gasteiger partial charge is 0.372 e. The minimum atomic E-state index is 0.140. The summed E-state index contributed by atoms with van der Waals surface area (Å²) in [5.41, 5.74) is 2.63. The number of hydrogen-bond donors (Lipinski definition) is 1. The number of ether oxygens (including phenoxy) is 1. The highest BCUT2D eigenvalue weighted by Gasteiger charge is 2.31. The smallest absolute Gasteiger partial charge is 0.101 e. The van der Waals surface area contributed by atoms with E-state index in [0.29, 0.717) is 12.1 Å². The van der Waals surface area contributed by atoms with Gasteiger partial charge in [0.25, 0.3) is 0 Å². The van der Waals surface area contributed by atoms with Gasteiger partial charge in [-0.3, -0.25) is 9.58 Å². The molecule has 4 rings (SSSR count). The van der Waals surface area contributed by atoms with Crippen molar-refractivity contribution >= 4 is 0 Å². The molecule has 0 unspecified atom stereocenters. The lowest BCUT2D eigenvalue weighted by molar-refractivity contribution is -0.0163. The molecule has 146 valence electrons. The summed E-state index contributed by atoms with van der Waals surface area (Å²) in [6, 6.07) is 11.8. The van der Waals surface area contributed by atoms with Crippen molar-refractivity contribution in [1.82, 2.24) is 20.0 Å². The Balaban J connectivity index is 1.30. The van der Waals surface area contributed by atoms with Gasteiger partial charge < -0.3 is 10.1 Å².